The summed E-state index contributed by atoms with van der Waals surface area (Å²) in [6.45, 7) is 1.96. The van der Waals surface area contributed by atoms with Crippen molar-refractivity contribution in [3.63, 3.8) is 0 Å². The van der Waals surface area contributed by atoms with Gasteiger partial charge in [-0.1, -0.05) is 48.0 Å². The van der Waals surface area contributed by atoms with E-state index in [0.29, 0.717) is 23.2 Å². The highest BCUT2D eigenvalue weighted by molar-refractivity contribution is 7.90. The third-order valence-electron chi connectivity index (χ3n) is 8.00. The third kappa shape index (κ3) is 5.76. The lowest BCUT2D eigenvalue weighted by atomic mass is 9.92. The van der Waals surface area contributed by atoms with Crippen LogP contribution in [0.25, 0.3) is 10.8 Å². The molecule has 6 rings (SSSR count). The van der Waals surface area contributed by atoms with E-state index >= 15 is 0 Å². The van der Waals surface area contributed by atoms with Crippen LogP contribution < -0.4 is 5.32 Å². The zero-order chi connectivity index (χ0) is 27.0. The Balaban J connectivity index is 1.07. The van der Waals surface area contributed by atoms with Crippen molar-refractivity contribution < 1.29 is 13.2 Å². The number of sulfone groups is 1. The Labute approximate surface area is 233 Å². The summed E-state index contributed by atoms with van der Waals surface area (Å²) < 4.78 is 26.1. The highest BCUT2D eigenvalue weighted by Gasteiger charge is 2.43. The zero-order valence-electron chi connectivity index (χ0n) is 21.5. The maximum absolute atomic E-state index is 13.0. The second-order valence-electron chi connectivity index (χ2n) is 10.7. The Hall–Kier alpha value is -3.13. The number of hydrogen-bond acceptors (Lipinski definition) is 6. The number of carbonyl (C=O) groups is 1. The van der Waals surface area contributed by atoms with Gasteiger partial charge in [-0.2, -0.15) is 0 Å². The largest absolute Gasteiger partial charge is 0.317 e. The van der Waals surface area contributed by atoms with Gasteiger partial charge in [0.05, 0.1) is 4.90 Å². The molecular weight excluding hydrogens is 530 g/mol. The van der Waals surface area contributed by atoms with E-state index in [1.807, 2.05) is 48.5 Å². The van der Waals surface area contributed by atoms with Crippen molar-refractivity contribution in [2.45, 2.75) is 48.2 Å². The fourth-order valence-electron chi connectivity index (χ4n) is 5.62. The van der Waals surface area contributed by atoms with E-state index in [4.69, 9.17) is 11.6 Å². The third-order valence-corrected chi connectivity index (χ3v) is 9.96. The quantitative estimate of drug-likeness (QED) is 0.300. The summed E-state index contributed by atoms with van der Waals surface area (Å²) in [6.07, 6.45) is 6.78. The molecule has 1 aliphatic carbocycles. The fraction of sp³-hybridized carbons (Fsp3) is 0.323. The number of nitrogens with one attached hydrogen (secondary N) is 1. The van der Waals surface area contributed by atoms with E-state index in [9.17, 15) is 13.2 Å². The summed E-state index contributed by atoms with van der Waals surface area (Å²) in [5.74, 6) is 0.783. The van der Waals surface area contributed by atoms with Crippen LogP contribution in [-0.2, 0) is 26.8 Å². The minimum Gasteiger partial charge on any atom is -0.317 e. The molecule has 2 heterocycles. The van der Waals surface area contributed by atoms with Crippen LogP contribution in [0.2, 0.25) is 5.02 Å². The lowest BCUT2D eigenvalue weighted by Gasteiger charge is -2.22. The van der Waals surface area contributed by atoms with Crippen LogP contribution in [0.3, 0.4) is 0 Å². The minimum absolute atomic E-state index is 0.0405. The van der Waals surface area contributed by atoms with Gasteiger partial charge in [0.15, 0.2) is 9.84 Å². The van der Waals surface area contributed by atoms with Gasteiger partial charge in [-0.25, -0.2) is 18.4 Å². The molecule has 1 saturated carbocycles. The Morgan fingerprint density at radius 1 is 0.949 bits per heavy atom. The van der Waals surface area contributed by atoms with Crippen molar-refractivity contribution in [3.05, 3.63) is 101 Å². The second kappa shape index (κ2) is 10.8. The van der Waals surface area contributed by atoms with Gasteiger partial charge in [0.25, 0.3) is 0 Å². The Morgan fingerprint density at radius 3 is 2.44 bits per heavy atom. The van der Waals surface area contributed by atoms with Crippen LogP contribution in [0.1, 0.15) is 53.6 Å². The molecule has 0 amide bonds. The van der Waals surface area contributed by atoms with Crippen LogP contribution in [-0.4, -0.2) is 37.3 Å². The molecule has 0 spiro atoms. The summed E-state index contributed by atoms with van der Waals surface area (Å²) in [5.41, 5.74) is 3.02. The Bertz CT molecular complexity index is 1620. The second-order valence-corrected chi connectivity index (χ2v) is 13.1. The summed E-state index contributed by atoms with van der Waals surface area (Å²) in [7, 11) is -3.58. The lowest BCUT2D eigenvalue weighted by Crippen LogP contribution is -2.26. The normalized spacial score (nSPS) is 19.7. The van der Waals surface area contributed by atoms with Crippen molar-refractivity contribution >= 4 is 38.0 Å². The van der Waals surface area contributed by atoms with E-state index in [0.717, 1.165) is 59.8 Å². The number of piperidine rings is 1. The SMILES string of the molecule is O=C(Cc1ccc2cccc(Cl)c2c1)[C@@H]1C[C@H]1c1ccc(S(=O)(=O)Cc2ncc(C3CCNCC3)cn2)cc1. The average molecular weight is 560 g/mol. The number of ketones is 1. The van der Waals surface area contributed by atoms with E-state index in [1.54, 1.807) is 24.5 Å². The monoisotopic (exact) mass is 559 g/mol. The van der Waals surface area contributed by atoms with Gasteiger partial charge in [-0.3, -0.25) is 4.79 Å². The maximum Gasteiger partial charge on any atom is 0.185 e. The molecule has 4 aromatic rings. The first-order valence-corrected chi connectivity index (χ1v) is 15.4. The molecule has 2 fully saturated rings. The molecule has 2 atom stereocenters. The topological polar surface area (TPSA) is 89.0 Å². The van der Waals surface area contributed by atoms with Crippen LogP contribution in [0.5, 0.6) is 0 Å². The van der Waals surface area contributed by atoms with Gasteiger partial charge in [-0.15, -0.1) is 0 Å². The molecule has 1 aliphatic heterocycles. The number of hydrogen-bond donors (Lipinski definition) is 1. The Kier molecular flexibility index (Phi) is 7.23. The van der Waals surface area contributed by atoms with E-state index in [2.05, 4.69) is 15.3 Å². The first kappa shape index (κ1) is 26.1. The van der Waals surface area contributed by atoms with Crippen molar-refractivity contribution in [2.24, 2.45) is 5.92 Å². The molecule has 200 valence electrons. The van der Waals surface area contributed by atoms with E-state index < -0.39 is 9.84 Å². The first-order chi connectivity index (χ1) is 18.9. The van der Waals surface area contributed by atoms with Gasteiger partial charge >= 0.3 is 0 Å². The standard InChI is InChI=1S/C31H30ClN3O3S/c32-29-3-1-2-22-5-4-20(14-27(22)29)15-30(36)28-16-26(28)23-6-8-25(9-7-23)39(37,38)19-31-34-17-24(18-35-31)21-10-12-33-13-11-21/h1-9,14,17-18,21,26,28,33H,10-13,15-16,19H2/t26-,28+/m0/s1. The molecule has 39 heavy (non-hydrogen) atoms. The molecule has 1 N–H and O–H groups in total. The number of Topliss-reactive ketones (excluding diaryl/α,β-unsaturated/α-hetero) is 1. The molecule has 0 bridgehead atoms. The van der Waals surface area contributed by atoms with Crippen molar-refractivity contribution in [1.29, 1.82) is 0 Å². The summed E-state index contributed by atoms with van der Waals surface area (Å²) in [6, 6.07) is 18.7. The predicted molar refractivity (Wildman–Crippen MR) is 153 cm³/mol. The van der Waals surface area contributed by atoms with Gasteiger partial charge in [-0.05, 0) is 90.5 Å². The van der Waals surface area contributed by atoms with Gasteiger partial charge in [0.1, 0.15) is 17.4 Å². The number of nitrogens with zero attached hydrogens (tertiary/aromatic N) is 2. The summed E-state index contributed by atoms with van der Waals surface area (Å²) >= 11 is 6.33. The molecule has 2 aliphatic rings. The number of rotatable bonds is 8. The highest BCUT2D eigenvalue weighted by atomic mass is 35.5. The zero-order valence-corrected chi connectivity index (χ0v) is 23.1. The van der Waals surface area contributed by atoms with Gasteiger partial charge in [0.2, 0.25) is 0 Å². The molecule has 6 nitrogen and oxygen atoms in total. The van der Waals surface area contributed by atoms with E-state index in [1.165, 1.54) is 0 Å². The highest BCUT2D eigenvalue weighted by Crippen LogP contribution is 2.48. The first-order valence-electron chi connectivity index (χ1n) is 13.4. The molecule has 0 radical (unpaired) electrons. The van der Waals surface area contributed by atoms with Crippen molar-refractivity contribution in [1.82, 2.24) is 15.3 Å². The van der Waals surface area contributed by atoms with E-state index in [-0.39, 0.29) is 28.3 Å². The van der Waals surface area contributed by atoms with Crippen molar-refractivity contribution in [3.8, 4) is 0 Å². The number of carbonyl (C=O) groups excluding carboxylic acids is 1. The summed E-state index contributed by atoms with van der Waals surface area (Å²) in [4.78, 5) is 21.9. The smallest absolute Gasteiger partial charge is 0.185 e. The average Bonchev–Trinajstić information content (AvgIpc) is 3.76. The molecular formula is C31H30ClN3O3S. The number of aromatic nitrogens is 2. The van der Waals surface area contributed by atoms with Crippen molar-refractivity contribution in [2.75, 3.05) is 13.1 Å². The molecule has 8 heteroatoms. The fourth-order valence-corrected chi connectivity index (χ4v) is 7.07. The van der Waals surface area contributed by atoms with Crippen LogP contribution in [0, 0.1) is 5.92 Å². The van der Waals surface area contributed by atoms with Gasteiger partial charge < -0.3 is 5.32 Å². The molecule has 3 aromatic carbocycles. The lowest BCUT2D eigenvalue weighted by molar-refractivity contribution is -0.119. The minimum atomic E-state index is -3.58. The maximum atomic E-state index is 13.0. The number of fused-ring (bicyclic) bond motifs is 1. The van der Waals surface area contributed by atoms with Crippen LogP contribution >= 0.6 is 11.6 Å². The molecule has 1 saturated heterocycles. The Morgan fingerprint density at radius 2 is 1.69 bits per heavy atom. The van der Waals surface area contributed by atoms with Crippen LogP contribution in [0.4, 0.5) is 0 Å². The molecule has 1 aromatic heterocycles. The number of benzene rings is 3. The summed E-state index contributed by atoms with van der Waals surface area (Å²) in [5, 5.41) is 6.04. The predicted octanol–water partition coefficient (Wildman–Crippen LogP) is 5.64. The molecule has 0 unspecified atom stereocenters. The number of halogens is 1. The van der Waals surface area contributed by atoms with Gasteiger partial charge in [0, 0.05) is 35.1 Å². The van der Waals surface area contributed by atoms with Crippen LogP contribution in [0.15, 0.2) is 78.0 Å².